The number of hydrogen-bond donors (Lipinski definition) is 4. The monoisotopic (exact) mass is 538 g/mol. The number of nitrogens with one attached hydrogen (secondary N) is 2. The minimum Gasteiger partial charge on any atom is -0.480 e. The number of aliphatic carboxylic acids is 2. The molecule has 1 aliphatic carbocycles. The molecule has 1 aliphatic rings. The number of ketones is 1. The van der Waals surface area contributed by atoms with Crippen LogP contribution in [0.3, 0.4) is 0 Å². The zero-order chi connectivity index (χ0) is 27.2. The molecule has 0 saturated heterocycles. The number of hydrogen-bond acceptors (Lipinski definition) is 7. The predicted molar refractivity (Wildman–Crippen MR) is 128 cm³/mol. The first-order valence-corrected chi connectivity index (χ1v) is 13.9. The van der Waals surface area contributed by atoms with Gasteiger partial charge in [0.15, 0.2) is 5.78 Å². The van der Waals surface area contributed by atoms with Gasteiger partial charge in [-0.15, -0.1) is 0 Å². The molecule has 2 atom stereocenters. The quantitative estimate of drug-likeness (QED) is 0.298. The minimum absolute atomic E-state index is 0.0115. The molecule has 4 N–H and O–H groups in total. The van der Waals surface area contributed by atoms with Gasteiger partial charge in [-0.05, 0) is 47.2 Å². The van der Waals surface area contributed by atoms with Crippen LogP contribution in [-0.2, 0) is 29.6 Å². The molecule has 2 unspecified atom stereocenters. The van der Waals surface area contributed by atoms with Gasteiger partial charge in [0, 0.05) is 11.1 Å². The van der Waals surface area contributed by atoms with Gasteiger partial charge in [-0.2, -0.15) is 9.44 Å². The van der Waals surface area contributed by atoms with Gasteiger partial charge in [0.2, 0.25) is 20.0 Å². The first kappa shape index (κ1) is 27.5. The van der Waals surface area contributed by atoms with E-state index in [0.717, 1.165) is 12.1 Å². The summed E-state index contributed by atoms with van der Waals surface area (Å²) in [5, 5.41) is 18.6. The molecule has 0 bridgehead atoms. The van der Waals surface area contributed by atoms with Crippen LogP contribution in [0.2, 0.25) is 0 Å². The summed E-state index contributed by atoms with van der Waals surface area (Å²) in [5.74, 6) is -4.39. The van der Waals surface area contributed by atoms with Gasteiger partial charge in [-0.1, -0.05) is 39.8 Å². The fraction of sp³-hybridized carbons (Fsp3) is 0.348. The molecule has 0 aromatic heterocycles. The highest BCUT2D eigenvalue weighted by atomic mass is 32.2. The van der Waals surface area contributed by atoms with Gasteiger partial charge in [0.1, 0.15) is 12.1 Å². The van der Waals surface area contributed by atoms with Crippen molar-refractivity contribution in [3.8, 4) is 11.1 Å². The second kappa shape index (κ2) is 9.73. The van der Waals surface area contributed by atoms with E-state index in [1.165, 1.54) is 24.3 Å². The lowest BCUT2D eigenvalue weighted by Gasteiger charge is -2.18. The van der Waals surface area contributed by atoms with Gasteiger partial charge >= 0.3 is 11.9 Å². The predicted octanol–water partition coefficient (Wildman–Crippen LogP) is 1.67. The van der Waals surface area contributed by atoms with Crippen LogP contribution in [0.4, 0.5) is 0 Å². The summed E-state index contributed by atoms with van der Waals surface area (Å²) in [5.41, 5.74) is 0.792. The molecule has 0 saturated carbocycles. The number of carbonyl (C=O) groups is 3. The number of benzene rings is 2. The van der Waals surface area contributed by atoms with E-state index in [1.54, 1.807) is 27.7 Å². The molecule has 0 heterocycles. The van der Waals surface area contributed by atoms with Crippen molar-refractivity contribution >= 4 is 37.8 Å². The Morgan fingerprint density at radius 1 is 0.667 bits per heavy atom. The average molecular weight is 539 g/mol. The second-order valence-corrected chi connectivity index (χ2v) is 12.5. The smallest absolute Gasteiger partial charge is 0.322 e. The lowest BCUT2D eigenvalue weighted by Crippen LogP contribution is -2.44. The average Bonchev–Trinajstić information content (AvgIpc) is 3.06. The first-order chi connectivity index (χ1) is 16.6. The van der Waals surface area contributed by atoms with E-state index in [9.17, 15) is 41.4 Å². The second-order valence-electron chi connectivity index (χ2n) is 9.11. The third-order valence-corrected chi connectivity index (χ3v) is 8.69. The van der Waals surface area contributed by atoms with Crippen LogP contribution in [0.25, 0.3) is 11.1 Å². The molecule has 11 nitrogen and oxygen atoms in total. The van der Waals surface area contributed by atoms with E-state index in [1.807, 2.05) is 0 Å². The van der Waals surface area contributed by atoms with Crippen LogP contribution in [0.1, 0.15) is 43.6 Å². The Hall–Kier alpha value is -3.13. The van der Waals surface area contributed by atoms with E-state index in [-0.39, 0.29) is 20.9 Å². The van der Waals surface area contributed by atoms with Crippen LogP contribution >= 0.6 is 0 Å². The van der Waals surface area contributed by atoms with Crippen LogP contribution in [-0.4, -0.2) is 56.9 Å². The Balaban J connectivity index is 1.97. The largest absolute Gasteiger partial charge is 0.480 e. The molecule has 0 spiro atoms. The Morgan fingerprint density at radius 3 is 1.28 bits per heavy atom. The minimum atomic E-state index is -4.29. The summed E-state index contributed by atoms with van der Waals surface area (Å²) >= 11 is 0. The lowest BCUT2D eigenvalue weighted by molar-refractivity contribution is -0.141. The van der Waals surface area contributed by atoms with Crippen molar-refractivity contribution in [2.24, 2.45) is 11.8 Å². The van der Waals surface area contributed by atoms with Gasteiger partial charge in [0.25, 0.3) is 0 Å². The third kappa shape index (κ3) is 5.19. The van der Waals surface area contributed by atoms with Gasteiger partial charge in [-0.25, -0.2) is 16.8 Å². The van der Waals surface area contributed by atoms with Crippen molar-refractivity contribution in [1.82, 2.24) is 9.44 Å². The van der Waals surface area contributed by atoms with Crippen molar-refractivity contribution in [2.75, 3.05) is 0 Å². The highest BCUT2D eigenvalue weighted by Gasteiger charge is 2.34. The fourth-order valence-corrected chi connectivity index (χ4v) is 6.51. The summed E-state index contributed by atoms with van der Waals surface area (Å²) in [6, 6.07) is 4.73. The number of sulfonamides is 2. The Labute approximate surface area is 208 Å². The van der Waals surface area contributed by atoms with Crippen molar-refractivity contribution in [1.29, 1.82) is 0 Å². The molecule has 3 rings (SSSR count). The van der Waals surface area contributed by atoms with Gasteiger partial charge in [0.05, 0.1) is 9.79 Å². The maximum absolute atomic E-state index is 13.1. The summed E-state index contributed by atoms with van der Waals surface area (Å²) in [7, 11) is -8.58. The highest BCUT2D eigenvalue weighted by molar-refractivity contribution is 7.89. The topological polar surface area (TPSA) is 184 Å². The molecule has 13 heteroatoms. The summed E-state index contributed by atoms with van der Waals surface area (Å²) in [4.78, 5) is 35.3. The van der Waals surface area contributed by atoms with Crippen LogP contribution < -0.4 is 9.44 Å². The van der Waals surface area contributed by atoms with Crippen molar-refractivity contribution in [3.63, 3.8) is 0 Å². The number of carboxylic acid groups (broad SMARTS) is 2. The van der Waals surface area contributed by atoms with Crippen LogP contribution in [0.15, 0.2) is 46.2 Å². The van der Waals surface area contributed by atoms with Crippen LogP contribution in [0.5, 0.6) is 0 Å². The summed E-state index contributed by atoms with van der Waals surface area (Å²) in [6.07, 6.45) is 0. The van der Waals surface area contributed by atoms with Crippen molar-refractivity contribution in [2.45, 2.75) is 49.6 Å². The summed E-state index contributed by atoms with van der Waals surface area (Å²) < 4.78 is 55.5. The first-order valence-electron chi connectivity index (χ1n) is 10.9. The maximum atomic E-state index is 13.1. The molecule has 0 amide bonds. The van der Waals surface area contributed by atoms with E-state index >= 15 is 0 Å². The van der Waals surface area contributed by atoms with E-state index in [2.05, 4.69) is 9.44 Å². The number of fused-ring (bicyclic) bond motifs is 3. The van der Waals surface area contributed by atoms with Crippen molar-refractivity contribution < 1.29 is 41.4 Å². The molecule has 0 fully saturated rings. The number of carbonyl (C=O) groups excluding carboxylic acids is 1. The zero-order valence-electron chi connectivity index (χ0n) is 19.8. The van der Waals surface area contributed by atoms with E-state index < -0.39 is 61.7 Å². The van der Waals surface area contributed by atoms with Crippen LogP contribution in [0, 0.1) is 11.8 Å². The molecule has 0 aliphatic heterocycles. The molecule has 2 aromatic rings. The van der Waals surface area contributed by atoms with Crippen molar-refractivity contribution in [3.05, 3.63) is 47.5 Å². The Kier molecular flexibility index (Phi) is 7.42. The Bertz CT molecular complexity index is 1350. The lowest BCUT2D eigenvalue weighted by atomic mass is 10.1. The van der Waals surface area contributed by atoms with Gasteiger partial charge in [-0.3, -0.25) is 14.4 Å². The molecule has 2 aromatic carbocycles. The molecular weight excluding hydrogens is 512 g/mol. The number of rotatable bonds is 10. The van der Waals surface area contributed by atoms with E-state index in [0.29, 0.717) is 11.1 Å². The molecular formula is C23H26N2O9S2. The molecule has 194 valence electrons. The maximum Gasteiger partial charge on any atom is 0.322 e. The number of carboxylic acids is 2. The third-order valence-electron chi connectivity index (χ3n) is 5.81. The highest BCUT2D eigenvalue weighted by Crippen LogP contribution is 2.38. The van der Waals surface area contributed by atoms with Gasteiger partial charge < -0.3 is 10.2 Å². The molecule has 36 heavy (non-hydrogen) atoms. The standard InChI is InChI=1S/C23H26N2O9S2/c1-11(2)19(22(27)28)24-35(31,32)13-5-7-15-16-8-6-14(10-18(16)21(26)17(15)9-13)36(33,34)25-20(12(3)4)23(29)30/h5-12,19-20,24-25H,1-4H3,(H,27,28)(H,29,30). The molecule has 0 radical (unpaired) electrons. The Morgan fingerprint density at radius 2 is 1.00 bits per heavy atom. The SMILES string of the molecule is CC(C)C(NS(=O)(=O)c1ccc2c(c1)C(=O)c1cc(S(=O)(=O)NC(C(=O)O)C(C)C)ccc1-2)C(=O)O. The fourth-order valence-electron chi connectivity index (χ4n) is 3.79. The van der Waals surface area contributed by atoms with E-state index in [4.69, 9.17) is 0 Å². The normalized spacial score (nSPS) is 15.0. The zero-order valence-corrected chi connectivity index (χ0v) is 21.5. The summed E-state index contributed by atoms with van der Waals surface area (Å²) in [6.45, 7) is 6.18.